The fourth-order valence-electron chi connectivity index (χ4n) is 3.79. The summed E-state index contributed by atoms with van der Waals surface area (Å²) in [5.41, 5.74) is 9.27. The molecule has 4 N–H and O–H groups in total. The van der Waals surface area contributed by atoms with Crippen LogP contribution in [0.15, 0.2) is 59.8 Å². The molecule has 4 aromatic rings. The molecule has 0 saturated carbocycles. The number of nitrogens with zero attached hydrogens (tertiary/aromatic N) is 4. The normalized spacial score (nSPS) is 15.4. The molecule has 180 valence electrons. The molecule has 2 aromatic heterocycles. The van der Waals surface area contributed by atoms with Crippen LogP contribution in [0.3, 0.4) is 0 Å². The van der Waals surface area contributed by atoms with Crippen LogP contribution in [0.5, 0.6) is 0 Å². The monoisotopic (exact) mass is 507 g/mol. The predicted octanol–water partition coefficient (Wildman–Crippen LogP) is 3.57. The molecular formula is C24H25N7O2S2. The summed E-state index contributed by atoms with van der Waals surface area (Å²) in [5, 5.41) is 6.90. The van der Waals surface area contributed by atoms with E-state index in [2.05, 4.69) is 25.6 Å². The maximum absolute atomic E-state index is 12.9. The average molecular weight is 508 g/mol. The van der Waals surface area contributed by atoms with Crippen LogP contribution < -0.4 is 16.4 Å². The summed E-state index contributed by atoms with van der Waals surface area (Å²) in [6.45, 7) is 2.50. The smallest absolute Gasteiger partial charge is 0.243 e. The highest BCUT2D eigenvalue weighted by Crippen LogP contribution is 2.25. The fraction of sp³-hybridized carbons (Fsp3) is 0.208. The van der Waals surface area contributed by atoms with Crippen molar-refractivity contribution in [2.24, 2.45) is 0 Å². The number of rotatable bonds is 6. The molecule has 35 heavy (non-hydrogen) atoms. The summed E-state index contributed by atoms with van der Waals surface area (Å²) in [4.78, 5) is 13.3. The van der Waals surface area contributed by atoms with Crippen molar-refractivity contribution in [2.45, 2.75) is 11.3 Å². The molecule has 5 rings (SSSR count). The molecule has 0 unspecified atom stereocenters. The molecule has 1 saturated heterocycles. The fourth-order valence-corrected chi connectivity index (χ4v) is 6.06. The van der Waals surface area contributed by atoms with Gasteiger partial charge in [-0.05, 0) is 54.9 Å². The molecule has 2 aromatic carbocycles. The van der Waals surface area contributed by atoms with Crippen LogP contribution in [-0.2, 0) is 10.0 Å². The maximum Gasteiger partial charge on any atom is 0.243 e. The molecule has 11 heteroatoms. The van der Waals surface area contributed by atoms with E-state index >= 15 is 0 Å². The Hall–Kier alpha value is -3.38. The van der Waals surface area contributed by atoms with E-state index < -0.39 is 10.0 Å². The molecule has 0 aliphatic carbocycles. The number of fused-ring (bicyclic) bond motifs is 1. The summed E-state index contributed by atoms with van der Waals surface area (Å²) < 4.78 is 28.4. The van der Waals surface area contributed by atoms with Crippen LogP contribution >= 0.6 is 11.3 Å². The second-order valence-electron chi connectivity index (χ2n) is 8.11. The van der Waals surface area contributed by atoms with Gasteiger partial charge in [0.1, 0.15) is 0 Å². The number of hydrogen-bond donors (Lipinski definition) is 3. The highest BCUT2D eigenvalue weighted by atomic mass is 32.2. The van der Waals surface area contributed by atoms with Crippen molar-refractivity contribution in [1.82, 2.24) is 24.6 Å². The van der Waals surface area contributed by atoms with Gasteiger partial charge in [-0.25, -0.2) is 23.4 Å². The Labute approximate surface area is 207 Å². The van der Waals surface area contributed by atoms with Crippen LogP contribution in [-0.4, -0.2) is 53.9 Å². The van der Waals surface area contributed by atoms with E-state index in [1.165, 1.54) is 15.6 Å². The average Bonchev–Trinajstić information content (AvgIpc) is 3.04. The predicted molar refractivity (Wildman–Crippen MR) is 141 cm³/mol. The molecule has 0 atom stereocenters. The molecule has 3 heterocycles. The lowest BCUT2D eigenvalue weighted by Gasteiger charge is -2.19. The molecule has 1 fully saturated rings. The molecule has 0 radical (unpaired) electrons. The van der Waals surface area contributed by atoms with Gasteiger partial charge in [0.2, 0.25) is 16.0 Å². The van der Waals surface area contributed by atoms with Gasteiger partial charge in [0, 0.05) is 43.3 Å². The van der Waals surface area contributed by atoms with E-state index in [1.807, 2.05) is 30.4 Å². The van der Waals surface area contributed by atoms with Crippen LogP contribution in [0.1, 0.15) is 17.5 Å². The Morgan fingerprint density at radius 2 is 1.77 bits per heavy atom. The first-order valence-electron chi connectivity index (χ1n) is 11.2. The number of nitrogens with one attached hydrogen (secondary N) is 2. The van der Waals surface area contributed by atoms with Crippen LogP contribution in [0, 0.1) is 0 Å². The number of aromatic nitrogens is 3. The Morgan fingerprint density at radius 1 is 1.00 bits per heavy atom. The number of benzene rings is 2. The first-order chi connectivity index (χ1) is 17.0. The first-order valence-corrected chi connectivity index (χ1v) is 13.5. The molecule has 1 aliphatic heterocycles. The minimum atomic E-state index is -3.50. The summed E-state index contributed by atoms with van der Waals surface area (Å²) in [7, 11) is -3.50. The second-order valence-corrected chi connectivity index (χ2v) is 11.1. The Balaban J connectivity index is 1.23. The first kappa shape index (κ1) is 23.4. The number of hydrogen-bond acceptors (Lipinski definition) is 9. The summed E-state index contributed by atoms with van der Waals surface area (Å²) in [6, 6.07) is 12.7. The number of thiazole rings is 1. The third-order valence-corrected chi connectivity index (χ3v) is 8.38. The van der Waals surface area contributed by atoms with E-state index in [9.17, 15) is 8.42 Å². The van der Waals surface area contributed by atoms with Crippen molar-refractivity contribution in [1.29, 1.82) is 0 Å². The van der Waals surface area contributed by atoms with Crippen molar-refractivity contribution in [3.8, 4) is 0 Å². The SMILES string of the molecule is Nc1nc2ccc(/C=C/c3cnc(Nc4ccc(S(=O)(=O)N5CCCNCC5)cc4)nc3)cc2s1. The Morgan fingerprint density at radius 3 is 2.57 bits per heavy atom. The number of nitrogens with two attached hydrogens (primary N) is 1. The largest absolute Gasteiger partial charge is 0.375 e. The lowest BCUT2D eigenvalue weighted by Crippen LogP contribution is -2.34. The standard InChI is InChI=1S/C24H25N7O2S2/c25-23-30-21-9-4-17(14-22(21)34-23)2-3-18-15-27-24(28-16-18)29-19-5-7-20(8-6-19)35(32,33)31-12-1-10-26-11-13-31/h2-9,14-16,26H,1,10-13H2,(H2,25,30)(H,27,28,29)/b3-2+. The molecule has 0 amide bonds. The quantitative estimate of drug-likeness (QED) is 0.362. The molecule has 1 aliphatic rings. The van der Waals surface area contributed by atoms with Crippen molar-refractivity contribution < 1.29 is 8.42 Å². The lowest BCUT2D eigenvalue weighted by atomic mass is 10.2. The van der Waals surface area contributed by atoms with Crippen molar-refractivity contribution in [2.75, 3.05) is 37.2 Å². The van der Waals surface area contributed by atoms with Gasteiger partial charge < -0.3 is 16.4 Å². The van der Waals surface area contributed by atoms with Gasteiger partial charge in [-0.1, -0.05) is 29.6 Å². The Bertz CT molecular complexity index is 1440. The lowest BCUT2D eigenvalue weighted by molar-refractivity contribution is 0.432. The van der Waals surface area contributed by atoms with E-state index in [0.29, 0.717) is 36.4 Å². The zero-order chi connectivity index (χ0) is 24.3. The van der Waals surface area contributed by atoms with E-state index in [-0.39, 0.29) is 4.90 Å². The van der Waals surface area contributed by atoms with Gasteiger partial charge in [-0.15, -0.1) is 0 Å². The maximum atomic E-state index is 12.9. The van der Waals surface area contributed by atoms with Gasteiger partial charge in [0.25, 0.3) is 0 Å². The van der Waals surface area contributed by atoms with Gasteiger partial charge in [0.15, 0.2) is 5.13 Å². The van der Waals surface area contributed by atoms with E-state index in [0.717, 1.165) is 34.3 Å². The zero-order valence-corrected chi connectivity index (χ0v) is 20.5. The second kappa shape index (κ2) is 10.1. The van der Waals surface area contributed by atoms with Gasteiger partial charge in [-0.2, -0.15) is 4.31 Å². The highest BCUT2D eigenvalue weighted by molar-refractivity contribution is 7.89. The number of sulfonamides is 1. The minimum absolute atomic E-state index is 0.283. The van der Waals surface area contributed by atoms with Crippen molar-refractivity contribution in [3.05, 3.63) is 66.0 Å². The summed E-state index contributed by atoms with van der Waals surface area (Å²) in [6.07, 6.45) is 8.17. The molecule has 9 nitrogen and oxygen atoms in total. The van der Waals surface area contributed by atoms with Gasteiger partial charge in [-0.3, -0.25) is 0 Å². The third kappa shape index (κ3) is 5.49. The third-order valence-electron chi connectivity index (χ3n) is 5.62. The molecule has 0 spiro atoms. The van der Waals surface area contributed by atoms with Crippen LogP contribution in [0.4, 0.5) is 16.8 Å². The van der Waals surface area contributed by atoms with E-state index in [4.69, 9.17) is 5.73 Å². The summed E-state index contributed by atoms with van der Waals surface area (Å²) in [5.74, 6) is 0.429. The molecular weight excluding hydrogens is 482 g/mol. The van der Waals surface area contributed by atoms with Gasteiger partial charge in [0.05, 0.1) is 15.1 Å². The van der Waals surface area contributed by atoms with E-state index in [1.54, 1.807) is 36.7 Å². The topological polar surface area (TPSA) is 126 Å². The summed E-state index contributed by atoms with van der Waals surface area (Å²) >= 11 is 1.46. The van der Waals surface area contributed by atoms with Gasteiger partial charge >= 0.3 is 0 Å². The minimum Gasteiger partial charge on any atom is -0.375 e. The number of anilines is 3. The highest BCUT2D eigenvalue weighted by Gasteiger charge is 2.24. The molecule has 0 bridgehead atoms. The van der Waals surface area contributed by atoms with Crippen molar-refractivity contribution >= 4 is 60.5 Å². The number of nitrogen functional groups attached to an aromatic ring is 1. The zero-order valence-electron chi connectivity index (χ0n) is 18.9. The Kier molecular flexibility index (Phi) is 6.73. The van der Waals surface area contributed by atoms with Crippen LogP contribution in [0.25, 0.3) is 22.4 Å². The van der Waals surface area contributed by atoms with Crippen LogP contribution in [0.2, 0.25) is 0 Å². The van der Waals surface area contributed by atoms with Crippen molar-refractivity contribution in [3.63, 3.8) is 0 Å².